The largest absolute Gasteiger partial charge is 0.481 e. The van der Waals surface area contributed by atoms with Crippen molar-refractivity contribution in [1.29, 1.82) is 0 Å². The van der Waals surface area contributed by atoms with Gasteiger partial charge in [0.05, 0.1) is 96.2 Å². The van der Waals surface area contributed by atoms with Crippen molar-refractivity contribution >= 4 is 11.9 Å². The van der Waals surface area contributed by atoms with Gasteiger partial charge in [0.2, 0.25) is 0 Å². The number of hydrogen-bond donors (Lipinski definition) is 4. The Morgan fingerprint density at radius 1 is 0.554 bits per heavy atom. The predicted molar refractivity (Wildman–Crippen MR) is 329 cm³/mol. The van der Waals surface area contributed by atoms with Gasteiger partial charge in [-0.1, -0.05) is 90.5 Å². The Balaban J connectivity index is 0.000000228. The van der Waals surface area contributed by atoms with Crippen LogP contribution in [0.3, 0.4) is 0 Å². The molecule has 0 radical (unpaired) electrons. The Hall–Kier alpha value is -1.94. The van der Waals surface area contributed by atoms with Crippen molar-refractivity contribution in [3.8, 4) is 0 Å². The highest BCUT2D eigenvalue weighted by Gasteiger charge is 2.61. The Morgan fingerprint density at radius 2 is 0.976 bits per heavy atom. The zero-order chi connectivity index (χ0) is 60.6. The zero-order valence-electron chi connectivity index (χ0n) is 54.6. The van der Waals surface area contributed by atoms with Crippen molar-refractivity contribution in [3.05, 3.63) is 23.3 Å². The van der Waals surface area contributed by atoms with Gasteiger partial charge in [0.1, 0.15) is 6.10 Å². The topological polar surface area (TPSA) is 180 Å². The molecule has 0 aromatic rings. The van der Waals surface area contributed by atoms with E-state index >= 15 is 0 Å². The number of methoxy groups -OCH3 is 2. The number of fused-ring (bicyclic) bond motifs is 10. The molecule has 8 aliphatic rings. The molecule has 0 aromatic heterocycles. The molecule has 83 heavy (non-hydrogen) atoms. The molecule has 0 heterocycles. The van der Waals surface area contributed by atoms with Crippen LogP contribution in [0.4, 0.5) is 0 Å². The zero-order valence-corrected chi connectivity index (χ0v) is 54.6. The summed E-state index contributed by atoms with van der Waals surface area (Å²) in [5, 5.41) is 38.7. The van der Waals surface area contributed by atoms with Crippen LogP contribution < -0.4 is 0 Å². The van der Waals surface area contributed by atoms with Gasteiger partial charge in [0, 0.05) is 20.6 Å². The summed E-state index contributed by atoms with van der Waals surface area (Å²) >= 11 is 0. The SMILES string of the molecule is COCCOCCOCCC(=O)O.COCCOCCOCCC(=O)O[C@H]1CC[C@@]2(C)C(=CC[C@H]3[C@@H]4CC[C@H]([C@H](C)CCCC(C)(C)O)[C@@]4(C)CC[C@@H]32)C1.C[C@H](CCCC(C)(C)O)[C@H]1CC[C@H]2[C@@H]3CC=C4C[C@@H](O)CC[C@]4(C)[C@H]3CC[C@]12C. The minimum atomic E-state index is -0.847. The molecule has 0 aliphatic heterocycles. The fourth-order valence-electron chi connectivity index (χ4n) is 18.9. The predicted octanol–water partition coefficient (Wildman–Crippen LogP) is 13.8. The fraction of sp³-hybridized carbons (Fsp3) is 0.914. The number of hydrogen-bond acceptors (Lipinski definition) is 12. The lowest BCUT2D eigenvalue weighted by Gasteiger charge is -2.58. The molecule has 13 heteroatoms. The standard InChI is InChI=1S/C35H60O6.C27H46O2.C8H16O5/c1-25(8-7-16-33(2,3)37)29-11-12-30-28-10-9-26-24-27(13-17-34(26,4)31(28)14-18-35(29,30)5)41-32(36)15-19-39-22-23-40-21-20-38-6;1-18(7-6-14-25(2,3)29)22-10-11-23-21-9-8-19-17-20(28)12-15-26(19,4)24(21)13-16-27(22,23)5;1-11-4-5-13-7-6-12-3-2-8(9)10/h9,25,27-31,37H,7-8,10-24H2,1-6H3;8,18,20-24,28-29H,6-7,9-17H2,1-5H3;2-7H2,1H3,(H,9,10)/t25-,27+,28+,29-,30+,31+,34+,35-;18-,20+,21+,22-,23+,24+,26+,27-;/m11./s1. The monoisotopic (exact) mass is 1170 g/mol. The molecule has 4 N–H and O–H groups in total. The number of esters is 1. The molecular formula is C70H122O13. The first kappa shape index (κ1) is 70.2. The molecule has 6 fully saturated rings. The van der Waals surface area contributed by atoms with Gasteiger partial charge in [0.15, 0.2) is 0 Å². The number of carbonyl (C=O) groups is 2. The molecule has 0 aromatic carbocycles. The van der Waals surface area contributed by atoms with E-state index in [0.717, 1.165) is 117 Å². The van der Waals surface area contributed by atoms with E-state index in [-0.39, 0.29) is 36.6 Å². The van der Waals surface area contributed by atoms with Crippen molar-refractivity contribution in [3.63, 3.8) is 0 Å². The van der Waals surface area contributed by atoms with Crippen LogP contribution in [0.5, 0.6) is 0 Å². The van der Waals surface area contributed by atoms with Gasteiger partial charge in [-0.15, -0.1) is 0 Å². The quantitative estimate of drug-likeness (QED) is 0.0316. The number of rotatable bonds is 29. The maximum absolute atomic E-state index is 12.5. The number of aliphatic hydroxyl groups excluding tert-OH is 1. The second kappa shape index (κ2) is 32.0. The first-order valence-corrected chi connectivity index (χ1v) is 33.5. The molecule has 480 valence electrons. The van der Waals surface area contributed by atoms with Crippen LogP contribution in [-0.4, -0.2) is 136 Å². The smallest absolute Gasteiger partial charge is 0.308 e. The first-order chi connectivity index (χ1) is 39.3. The molecule has 13 nitrogen and oxygen atoms in total. The van der Waals surface area contributed by atoms with Crippen LogP contribution in [0, 0.1) is 80.8 Å². The summed E-state index contributed by atoms with van der Waals surface area (Å²) in [6.45, 7) is 27.9. The van der Waals surface area contributed by atoms with Crippen LogP contribution in [0.25, 0.3) is 0 Å². The fourth-order valence-corrected chi connectivity index (χ4v) is 18.9. The summed E-state index contributed by atoms with van der Waals surface area (Å²) in [5.74, 6) is 7.20. The highest BCUT2D eigenvalue weighted by Crippen LogP contribution is 2.69. The lowest BCUT2D eigenvalue weighted by Crippen LogP contribution is -2.51. The van der Waals surface area contributed by atoms with Gasteiger partial charge in [0.25, 0.3) is 0 Å². The van der Waals surface area contributed by atoms with Gasteiger partial charge >= 0.3 is 11.9 Å². The third-order valence-electron chi connectivity index (χ3n) is 23.4. The molecule has 16 atom stereocenters. The van der Waals surface area contributed by atoms with E-state index < -0.39 is 17.2 Å². The van der Waals surface area contributed by atoms with Crippen molar-refractivity contribution in [1.82, 2.24) is 0 Å². The average molecular weight is 1170 g/mol. The van der Waals surface area contributed by atoms with Gasteiger partial charge in [-0.05, 0) is 218 Å². The van der Waals surface area contributed by atoms with Gasteiger partial charge in [-0.25, -0.2) is 0 Å². The number of aliphatic hydroxyl groups is 3. The molecule has 0 saturated heterocycles. The summed E-state index contributed by atoms with van der Waals surface area (Å²) in [5.41, 5.74) is 3.69. The summed E-state index contributed by atoms with van der Waals surface area (Å²) in [6.07, 6.45) is 31.7. The van der Waals surface area contributed by atoms with Crippen LogP contribution in [0.15, 0.2) is 23.3 Å². The van der Waals surface area contributed by atoms with Gasteiger partial charge in [-0.3, -0.25) is 9.59 Å². The highest BCUT2D eigenvalue weighted by atomic mass is 16.6. The van der Waals surface area contributed by atoms with Crippen LogP contribution >= 0.6 is 0 Å². The lowest BCUT2D eigenvalue weighted by atomic mass is 9.47. The third-order valence-corrected chi connectivity index (χ3v) is 23.4. The van der Waals surface area contributed by atoms with E-state index in [0.29, 0.717) is 82.1 Å². The number of carboxylic acids is 1. The summed E-state index contributed by atoms with van der Waals surface area (Å²) in [7, 11) is 3.26. The van der Waals surface area contributed by atoms with Crippen molar-refractivity contribution < 1.29 is 63.2 Å². The number of ether oxygens (including phenoxy) is 7. The van der Waals surface area contributed by atoms with Crippen molar-refractivity contribution in [2.45, 2.75) is 247 Å². The molecule has 0 unspecified atom stereocenters. The highest BCUT2D eigenvalue weighted by molar-refractivity contribution is 5.69. The van der Waals surface area contributed by atoms with E-state index in [2.05, 4.69) is 53.7 Å². The van der Waals surface area contributed by atoms with E-state index in [4.69, 9.17) is 38.3 Å². The third kappa shape index (κ3) is 19.0. The normalized spacial score (nSPS) is 35.2. The number of carbonyl (C=O) groups excluding carboxylic acids is 1. The number of aliphatic carboxylic acids is 1. The second-order valence-electron chi connectivity index (χ2n) is 29.9. The summed E-state index contributed by atoms with van der Waals surface area (Å²) in [4.78, 5) is 22.6. The van der Waals surface area contributed by atoms with Gasteiger partial charge in [-0.2, -0.15) is 0 Å². The van der Waals surface area contributed by atoms with Crippen molar-refractivity contribution in [2.75, 3.05) is 80.3 Å². The van der Waals surface area contributed by atoms with E-state index in [1.165, 1.54) is 83.5 Å². The molecular weight excluding hydrogens is 1050 g/mol. The van der Waals surface area contributed by atoms with Crippen LogP contribution in [-0.2, 0) is 42.7 Å². The van der Waals surface area contributed by atoms with E-state index in [1.807, 2.05) is 27.7 Å². The lowest BCUT2D eigenvalue weighted by molar-refractivity contribution is -0.153. The van der Waals surface area contributed by atoms with E-state index in [9.17, 15) is 24.9 Å². The Bertz CT molecular complexity index is 2030. The maximum atomic E-state index is 12.5. The first-order valence-electron chi connectivity index (χ1n) is 33.5. The summed E-state index contributed by atoms with van der Waals surface area (Å²) in [6, 6.07) is 0. The average Bonchev–Trinajstić information content (AvgIpc) is 3.97. The minimum Gasteiger partial charge on any atom is -0.481 e. The van der Waals surface area contributed by atoms with E-state index in [1.54, 1.807) is 25.4 Å². The molecule has 6 saturated carbocycles. The second-order valence-corrected chi connectivity index (χ2v) is 29.9. The number of carboxylic acid groups (broad SMARTS) is 1. The molecule has 8 rings (SSSR count). The Labute approximate surface area is 504 Å². The summed E-state index contributed by atoms with van der Waals surface area (Å²) < 4.78 is 36.6. The Kier molecular flexibility index (Phi) is 27.0. The molecule has 0 bridgehead atoms. The van der Waals surface area contributed by atoms with Crippen molar-refractivity contribution in [2.24, 2.45) is 80.8 Å². The van der Waals surface area contributed by atoms with Crippen LogP contribution in [0.2, 0.25) is 0 Å². The number of allylic oxidation sites excluding steroid dienone is 2. The maximum Gasteiger partial charge on any atom is 0.308 e. The Morgan fingerprint density at radius 3 is 1.42 bits per heavy atom. The molecule has 0 amide bonds. The van der Waals surface area contributed by atoms with Crippen LogP contribution in [0.1, 0.15) is 223 Å². The molecule has 0 spiro atoms. The van der Waals surface area contributed by atoms with Gasteiger partial charge < -0.3 is 53.6 Å². The minimum absolute atomic E-state index is 0.00483. The molecule has 8 aliphatic carbocycles.